The van der Waals surface area contributed by atoms with Gasteiger partial charge in [-0.1, -0.05) is 41.9 Å². The molecule has 1 aliphatic heterocycles. The number of anilines is 1. The minimum Gasteiger partial charge on any atom is -0.315 e. The second-order valence-electron chi connectivity index (χ2n) is 6.54. The number of aryl methyl sites for hydroxylation is 1. The summed E-state index contributed by atoms with van der Waals surface area (Å²) in [6.07, 6.45) is 2.80. The molecule has 2 atom stereocenters. The number of alkyl halides is 1. The molecule has 1 aromatic rings. The number of halogens is 1. The lowest BCUT2D eigenvalue weighted by atomic mass is 9.96. The third-order valence-corrected chi connectivity index (χ3v) is 5.88. The van der Waals surface area contributed by atoms with Crippen molar-refractivity contribution in [3.63, 3.8) is 0 Å². The quantitative estimate of drug-likeness (QED) is 0.752. The summed E-state index contributed by atoms with van der Waals surface area (Å²) in [4.78, 5) is 13.9. The van der Waals surface area contributed by atoms with Gasteiger partial charge in [-0.2, -0.15) is 0 Å². The maximum atomic E-state index is 11.7. The molecule has 1 heterocycles. The number of fused-ring (bicyclic) bond motifs is 1. The SMILES string of the molecule is CN1C(=O)CCc2cc(C(Br)C3CC3(C)C)ccc21. The summed E-state index contributed by atoms with van der Waals surface area (Å²) < 4.78 is 0. The Morgan fingerprint density at radius 2 is 2.05 bits per heavy atom. The van der Waals surface area contributed by atoms with Crippen LogP contribution in [0.25, 0.3) is 0 Å². The van der Waals surface area contributed by atoms with Crippen LogP contribution in [0.3, 0.4) is 0 Å². The second kappa shape index (κ2) is 4.34. The van der Waals surface area contributed by atoms with E-state index in [0.29, 0.717) is 16.7 Å². The molecule has 1 aliphatic carbocycles. The molecule has 1 aromatic carbocycles. The monoisotopic (exact) mass is 321 g/mol. The molecule has 3 rings (SSSR count). The molecule has 0 N–H and O–H groups in total. The number of nitrogens with zero attached hydrogens (tertiary/aromatic N) is 1. The summed E-state index contributed by atoms with van der Waals surface area (Å²) >= 11 is 3.86. The van der Waals surface area contributed by atoms with Crippen molar-refractivity contribution in [1.82, 2.24) is 0 Å². The zero-order chi connectivity index (χ0) is 13.8. The van der Waals surface area contributed by atoms with Crippen molar-refractivity contribution in [3.05, 3.63) is 29.3 Å². The Balaban J connectivity index is 1.88. The average Bonchev–Trinajstić information content (AvgIpc) is 3.02. The van der Waals surface area contributed by atoms with Crippen LogP contribution in [0, 0.1) is 11.3 Å². The van der Waals surface area contributed by atoms with Crippen molar-refractivity contribution in [2.24, 2.45) is 11.3 Å². The van der Waals surface area contributed by atoms with Gasteiger partial charge in [0.15, 0.2) is 0 Å². The lowest BCUT2D eigenvalue weighted by Crippen LogP contribution is -2.31. The number of benzene rings is 1. The number of amides is 1. The van der Waals surface area contributed by atoms with Gasteiger partial charge in [-0.3, -0.25) is 4.79 Å². The highest BCUT2D eigenvalue weighted by Gasteiger charge is 2.49. The predicted octanol–water partition coefficient (Wildman–Crippen LogP) is 4.08. The van der Waals surface area contributed by atoms with E-state index in [1.165, 1.54) is 17.5 Å². The van der Waals surface area contributed by atoms with Crippen molar-refractivity contribution in [3.8, 4) is 0 Å². The van der Waals surface area contributed by atoms with E-state index in [1.807, 2.05) is 7.05 Å². The first-order chi connectivity index (χ1) is 8.90. The predicted molar refractivity (Wildman–Crippen MR) is 81.7 cm³/mol. The average molecular weight is 322 g/mol. The summed E-state index contributed by atoms with van der Waals surface area (Å²) in [7, 11) is 1.87. The molecule has 1 amide bonds. The highest BCUT2D eigenvalue weighted by molar-refractivity contribution is 9.09. The molecule has 3 heteroatoms. The van der Waals surface area contributed by atoms with Gasteiger partial charge in [-0.05, 0) is 41.4 Å². The minimum atomic E-state index is 0.221. The fourth-order valence-corrected chi connectivity index (χ4v) is 4.28. The molecule has 1 fully saturated rings. The van der Waals surface area contributed by atoms with Gasteiger partial charge in [-0.15, -0.1) is 0 Å². The fourth-order valence-electron chi connectivity index (χ4n) is 3.09. The van der Waals surface area contributed by atoms with Gasteiger partial charge >= 0.3 is 0 Å². The van der Waals surface area contributed by atoms with Gasteiger partial charge in [-0.25, -0.2) is 0 Å². The van der Waals surface area contributed by atoms with E-state index in [2.05, 4.69) is 48.0 Å². The van der Waals surface area contributed by atoms with E-state index in [1.54, 1.807) is 4.90 Å². The maximum absolute atomic E-state index is 11.7. The Kier molecular flexibility index (Phi) is 3.01. The number of carbonyl (C=O) groups is 1. The van der Waals surface area contributed by atoms with Gasteiger partial charge in [0, 0.05) is 24.0 Å². The highest BCUT2D eigenvalue weighted by atomic mass is 79.9. The van der Waals surface area contributed by atoms with Gasteiger partial charge < -0.3 is 4.90 Å². The van der Waals surface area contributed by atoms with Gasteiger partial charge in [0.05, 0.1) is 0 Å². The van der Waals surface area contributed by atoms with Crippen LogP contribution in [0.15, 0.2) is 18.2 Å². The van der Waals surface area contributed by atoms with Crippen molar-refractivity contribution in [2.45, 2.75) is 37.9 Å². The lowest BCUT2D eigenvalue weighted by molar-refractivity contribution is -0.118. The van der Waals surface area contributed by atoms with Crippen LogP contribution in [0.5, 0.6) is 0 Å². The molecule has 2 unspecified atom stereocenters. The first kappa shape index (κ1) is 13.2. The van der Waals surface area contributed by atoms with Crippen molar-refractivity contribution >= 4 is 27.5 Å². The number of hydrogen-bond acceptors (Lipinski definition) is 1. The summed E-state index contributed by atoms with van der Waals surface area (Å²) in [6, 6.07) is 6.55. The number of rotatable bonds is 2. The minimum absolute atomic E-state index is 0.221. The molecule has 0 saturated heterocycles. The van der Waals surface area contributed by atoms with Crippen LogP contribution >= 0.6 is 15.9 Å². The van der Waals surface area contributed by atoms with Crippen molar-refractivity contribution in [1.29, 1.82) is 0 Å². The van der Waals surface area contributed by atoms with Gasteiger partial charge in [0.1, 0.15) is 0 Å². The van der Waals surface area contributed by atoms with Gasteiger partial charge in [0.2, 0.25) is 5.91 Å². The Hall–Kier alpha value is -0.830. The van der Waals surface area contributed by atoms with Crippen LogP contribution in [0.4, 0.5) is 5.69 Å². The van der Waals surface area contributed by atoms with Crippen LogP contribution in [-0.4, -0.2) is 13.0 Å². The topological polar surface area (TPSA) is 20.3 Å². The smallest absolute Gasteiger partial charge is 0.227 e. The molecule has 102 valence electrons. The van der Waals surface area contributed by atoms with E-state index < -0.39 is 0 Å². The van der Waals surface area contributed by atoms with Crippen LogP contribution < -0.4 is 4.90 Å². The molecule has 0 aromatic heterocycles. The Morgan fingerprint density at radius 3 is 2.68 bits per heavy atom. The normalized spacial score (nSPS) is 26.0. The van der Waals surface area contributed by atoms with Crippen molar-refractivity contribution in [2.75, 3.05) is 11.9 Å². The molecule has 0 spiro atoms. The van der Waals surface area contributed by atoms with E-state index in [-0.39, 0.29) is 5.91 Å². The Bertz CT molecular complexity index is 538. The molecular formula is C16H20BrNO. The molecule has 1 saturated carbocycles. The highest BCUT2D eigenvalue weighted by Crippen LogP contribution is 2.60. The first-order valence-electron chi connectivity index (χ1n) is 6.93. The lowest BCUT2D eigenvalue weighted by Gasteiger charge is -2.26. The van der Waals surface area contributed by atoms with E-state index >= 15 is 0 Å². The zero-order valence-electron chi connectivity index (χ0n) is 11.7. The van der Waals surface area contributed by atoms with E-state index in [0.717, 1.165) is 18.0 Å². The van der Waals surface area contributed by atoms with E-state index in [9.17, 15) is 4.79 Å². The first-order valence-corrected chi connectivity index (χ1v) is 7.85. The van der Waals surface area contributed by atoms with Crippen LogP contribution in [-0.2, 0) is 11.2 Å². The summed E-state index contributed by atoms with van der Waals surface area (Å²) in [6.45, 7) is 4.66. The van der Waals surface area contributed by atoms with Crippen LogP contribution in [0.1, 0.15) is 42.6 Å². The molecule has 0 radical (unpaired) electrons. The molecular weight excluding hydrogens is 302 g/mol. The third kappa shape index (κ3) is 2.22. The number of carbonyl (C=O) groups excluding carboxylic acids is 1. The molecule has 2 aliphatic rings. The molecule has 2 nitrogen and oxygen atoms in total. The summed E-state index contributed by atoms with van der Waals surface area (Å²) in [5, 5.41) is 0. The van der Waals surface area contributed by atoms with Crippen molar-refractivity contribution < 1.29 is 4.79 Å². The second-order valence-corrected chi connectivity index (χ2v) is 7.53. The standard InChI is InChI=1S/C16H20BrNO/c1-16(2)9-12(16)15(17)11-4-6-13-10(8-11)5-7-14(19)18(13)3/h4,6,8,12,15H,5,7,9H2,1-3H3. The summed E-state index contributed by atoms with van der Waals surface area (Å²) in [5.74, 6) is 0.951. The Morgan fingerprint density at radius 1 is 1.37 bits per heavy atom. The molecule has 0 bridgehead atoms. The fraction of sp³-hybridized carbons (Fsp3) is 0.562. The third-order valence-electron chi connectivity index (χ3n) is 4.71. The van der Waals surface area contributed by atoms with E-state index in [4.69, 9.17) is 0 Å². The molecule has 19 heavy (non-hydrogen) atoms. The summed E-state index contributed by atoms with van der Waals surface area (Å²) in [5.41, 5.74) is 4.21. The largest absolute Gasteiger partial charge is 0.315 e. The van der Waals surface area contributed by atoms with Gasteiger partial charge in [0.25, 0.3) is 0 Å². The maximum Gasteiger partial charge on any atom is 0.227 e. The Labute approximate surface area is 123 Å². The zero-order valence-corrected chi connectivity index (χ0v) is 13.3. The number of hydrogen-bond donors (Lipinski definition) is 0. The van der Waals surface area contributed by atoms with Crippen LogP contribution in [0.2, 0.25) is 0 Å².